The molecule has 1 aromatic heterocycles. The molecule has 1 aliphatic rings. The Bertz CT molecular complexity index is 823. The van der Waals surface area contributed by atoms with E-state index in [0.717, 1.165) is 12.8 Å². The molecule has 2 heterocycles. The van der Waals surface area contributed by atoms with Crippen molar-refractivity contribution in [2.45, 2.75) is 19.3 Å². The molecular formula is C21H22ClFN2O3. The molecule has 0 unspecified atom stereocenters. The normalized spacial score (nSPS) is 15.1. The maximum absolute atomic E-state index is 13.8. The second-order valence-corrected chi connectivity index (χ2v) is 7.21. The predicted molar refractivity (Wildman–Crippen MR) is 105 cm³/mol. The first-order valence-corrected chi connectivity index (χ1v) is 9.61. The molecule has 0 saturated carbocycles. The summed E-state index contributed by atoms with van der Waals surface area (Å²) in [6, 6.07) is 7.93. The van der Waals surface area contributed by atoms with Crippen LogP contribution in [0.3, 0.4) is 0 Å². The summed E-state index contributed by atoms with van der Waals surface area (Å²) >= 11 is 5.96. The fraction of sp³-hybridized carbons (Fsp3) is 0.333. The van der Waals surface area contributed by atoms with Gasteiger partial charge in [0.05, 0.1) is 12.7 Å². The molecule has 1 aromatic carbocycles. The fourth-order valence-corrected chi connectivity index (χ4v) is 3.41. The van der Waals surface area contributed by atoms with Crippen molar-refractivity contribution >= 4 is 29.5 Å². The zero-order chi connectivity index (χ0) is 19.9. The predicted octanol–water partition coefficient (Wildman–Crippen LogP) is 3.68. The minimum Gasteiger partial charge on any atom is -0.465 e. The van der Waals surface area contributed by atoms with Crippen LogP contribution in [0.1, 0.15) is 24.2 Å². The highest BCUT2D eigenvalue weighted by Crippen LogP contribution is 2.20. The third-order valence-corrected chi connectivity index (χ3v) is 5.20. The first kappa shape index (κ1) is 20.1. The Morgan fingerprint density at radius 3 is 2.71 bits per heavy atom. The lowest BCUT2D eigenvalue weighted by Gasteiger charge is -2.31. The van der Waals surface area contributed by atoms with Crippen LogP contribution in [-0.4, -0.2) is 36.3 Å². The van der Waals surface area contributed by atoms with Crippen molar-refractivity contribution in [2.75, 3.05) is 19.6 Å². The molecule has 1 aliphatic heterocycles. The van der Waals surface area contributed by atoms with Gasteiger partial charge in [-0.1, -0.05) is 17.7 Å². The molecule has 7 heteroatoms. The molecule has 28 heavy (non-hydrogen) atoms. The van der Waals surface area contributed by atoms with E-state index in [0.29, 0.717) is 25.4 Å². The summed E-state index contributed by atoms with van der Waals surface area (Å²) in [5.41, 5.74) is 0.213. The average Bonchev–Trinajstić information content (AvgIpc) is 3.21. The first-order chi connectivity index (χ1) is 13.5. The van der Waals surface area contributed by atoms with E-state index in [1.807, 2.05) is 0 Å². The Balaban J connectivity index is 1.40. The number of amides is 2. The number of rotatable bonds is 6. The summed E-state index contributed by atoms with van der Waals surface area (Å²) in [4.78, 5) is 26.1. The minimum atomic E-state index is -0.475. The van der Waals surface area contributed by atoms with Crippen LogP contribution in [0.4, 0.5) is 4.39 Å². The van der Waals surface area contributed by atoms with Gasteiger partial charge in [-0.05, 0) is 49.1 Å². The van der Waals surface area contributed by atoms with Gasteiger partial charge in [-0.2, -0.15) is 0 Å². The standard InChI is InChI=1S/C21H22ClFN2O3/c22-18-4-1-5-19(23)17(18)13-20(26)24-14-15-8-10-25(11-9-15)21(27)7-6-16-3-2-12-28-16/h1-7,12,15H,8-11,13-14H2,(H,24,26). The number of furan rings is 1. The molecule has 0 aliphatic carbocycles. The lowest BCUT2D eigenvalue weighted by Crippen LogP contribution is -2.41. The molecule has 0 radical (unpaired) electrons. The number of hydrogen-bond donors (Lipinski definition) is 1. The third kappa shape index (κ3) is 5.45. The van der Waals surface area contributed by atoms with E-state index < -0.39 is 5.82 Å². The zero-order valence-electron chi connectivity index (χ0n) is 15.4. The number of hydrogen-bond acceptors (Lipinski definition) is 3. The molecular weight excluding hydrogens is 383 g/mol. The summed E-state index contributed by atoms with van der Waals surface area (Å²) in [6.45, 7) is 1.79. The Kier molecular flexibility index (Phi) is 6.87. The molecule has 3 rings (SSSR count). The van der Waals surface area contributed by atoms with Crippen LogP contribution in [0.25, 0.3) is 6.08 Å². The first-order valence-electron chi connectivity index (χ1n) is 9.23. The van der Waals surface area contributed by atoms with Gasteiger partial charge in [0.2, 0.25) is 11.8 Å². The van der Waals surface area contributed by atoms with Gasteiger partial charge in [0.25, 0.3) is 0 Å². The van der Waals surface area contributed by atoms with Gasteiger partial charge in [0.15, 0.2) is 0 Å². The van der Waals surface area contributed by atoms with Crippen LogP contribution in [0.15, 0.2) is 47.1 Å². The van der Waals surface area contributed by atoms with Crippen molar-refractivity contribution in [1.29, 1.82) is 0 Å². The molecule has 1 fully saturated rings. The van der Waals surface area contributed by atoms with Crippen molar-refractivity contribution < 1.29 is 18.4 Å². The van der Waals surface area contributed by atoms with E-state index >= 15 is 0 Å². The second-order valence-electron chi connectivity index (χ2n) is 6.80. The zero-order valence-corrected chi connectivity index (χ0v) is 16.1. The van der Waals surface area contributed by atoms with Gasteiger partial charge >= 0.3 is 0 Å². The van der Waals surface area contributed by atoms with E-state index in [4.69, 9.17) is 16.0 Å². The number of nitrogens with zero attached hydrogens (tertiary/aromatic N) is 1. The summed E-state index contributed by atoms with van der Waals surface area (Å²) in [5, 5.41) is 3.10. The molecule has 2 amide bonds. The molecule has 1 saturated heterocycles. The molecule has 0 atom stereocenters. The van der Waals surface area contributed by atoms with Crippen molar-refractivity contribution in [2.24, 2.45) is 5.92 Å². The summed E-state index contributed by atoms with van der Waals surface area (Å²) in [5.74, 6) is 0.149. The highest BCUT2D eigenvalue weighted by molar-refractivity contribution is 6.31. The van der Waals surface area contributed by atoms with Gasteiger partial charge < -0.3 is 14.6 Å². The van der Waals surface area contributed by atoms with E-state index in [2.05, 4.69) is 5.32 Å². The second kappa shape index (κ2) is 9.55. The fourth-order valence-electron chi connectivity index (χ4n) is 3.18. The number of piperidine rings is 1. The van der Waals surface area contributed by atoms with Gasteiger partial charge in [-0.15, -0.1) is 0 Å². The van der Waals surface area contributed by atoms with Crippen LogP contribution in [0, 0.1) is 11.7 Å². The third-order valence-electron chi connectivity index (χ3n) is 4.85. The SMILES string of the molecule is O=C(Cc1c(F)cccc1Cl)NCC1CCN(C(=O)C=Cc2ccco2)CC1. The van der Waals surface area contributed by atoms with E-state index in [1.165, 1.54) is 18.2 Å². The minimum absolute atomic E-state index is 0.0481. The highest BCUT2D eigenvalue weighted by atomic mass is 35.5. The number of carbonyl (C=O) groups is 2. The number of likely N-dealkylation sites (tertiary alicyclic amines) is 1. The lowest BCUT2D eigenvalue weighted by atomic mass is 9.96. The van der Waals surface area contributed by atoms with Crippen LogP contribution in [-0.2, 0) is 16.0 Å². The van der Waals surface area contributed by atoms with E-state index in [-0.39, 0.29) is 34.7 Å². The molecule has 148 valence electrons. The van der Waals surface area contributed by atoms with E-state index in [1.54, 1.807) is 35.4 Å². The van der Waals surface area contributed by atoms with E-state index in [9.17, 15) is 14.0 Å². The van der Waals surface area contributed by atoms with Crippen molar-refractivity contribution in [3.05, 3.63) is 64.8 Å². The monoisotopic (exact) mass is 404 g/mol. The van der Waals surface area contributed by atoms with Gasteiger partial charge in [0, 0.05) is 36.3 Å². The van der Waals surface area contributed by atoms with Crippen molar-refractivity contribution in [3.63, 3.8) is 0 Å². The average molecular weight is 405 g/mol. The smallest absolute Gasteiger partial charge is 0.246 e. The summed E-state index contributed by atoms with van der Waals surface area (Å²) in [6.07, 6.45) is 6.26. The van der Waals surface area contributed by atoms with Gasteiger partial charge in [-0.25, -0.2) is 4.39 Å². The number of halogens is 2. The molecule has 1 N–H and O–H groups in total. The Labute approximate surface area is 168 Å². The van der Waals surface area contributed by atoms with Crippen LogP contribution in [0.2, 0.25) is 5.02 Å². The summed E-state index contributed by atoms with van der Waals surface area (Å²) < 4.78 is 18.9. The molecule has 2 aromatic rings. The number of carbonyl (C=O) groups excluding carboxylic acids is 2. The molecule has 5 nitrogen and oxygen atoms in total. The number of benzene rings is 1. The van der Waals surface area contributed by atoms with Crippen molar-refractivity contribution in [3.8, 4) is 0 Å². The molecule has 0 spiro atoms. The lowest BCUT2D eigenvalue weighted by molar-refractivity contribution is -0.127. The Morgan fingerprint density at radius 2 is 2.04 bits per heavy atom. The Morgan fingerprint density at radius 1 is 1.25 bits per heavy atom. The maximum atomic E-state index is 13.8. The Hall–Kier alpha value is -2.60. The van der Waals surface area contributed by atoms with Gasteiger partial charge in [-0.3, -0.25) is 9.59 Å². The number of nitrogens with one attached hydrogen (secondary N) is 1. The maximum Gasteiger partial charge on any atom is 0.246 e. The van der Waals surface area contributed by atoms with Crippen molar-refractivity contribution in [1.82, 2.24) is 10.2 Å². The topological polar surface area (TPSA) is 62.6 Å². The largest absolute Gasteiger partial charge is 0.465 e. The van der Waals surface area contributed by atoms with Crippen LogP contribution in [0.5, 0.6) is 0 Å². The molecule has 0 bridgehead atoms. The quantitative estimate of drug-likeness (QED) is 0.747. The highest BCUT2D eigenvalue weighted by Gasteiger charge is 2.22. The van der Waals surface area contributed by atoms with Gasteiger partial charge in [0.1, 0.15) is 11.6 Å². The summed E-state index contributed by atoms with van der Waals surface area (Å²) in [7, 11) is 0. The van der Waals surface area contributed by atoms with Crippen LogP contribution < -0.4 is 5.32 Å². The van der Waals surface area contributed by atoms with Crippen LogP contribution >= 0.6 is 11.6 Å².